The van der Waals surface area contributed by atoms with E-state index in [2.05, 4.69) is 5.10 Å². The van der Waals surface area contributed by atoms with Crippen molar-refractivity contribution < 1.29 is 35.3 Å². The quantitative estimate of drug-likeness (QED) is 0.391. The molecule has 0 aliphatic carbocycles. The third-order valence-electron chi connectivity index (χ3n) is 4.36. The molecule has 0 radical (unpaired) electrons. The molecule has 12 heteroatoms. The molecule has 33 heavy (non-hydrogen) atoms. The van der Waals surface area contributed by atoms with Crippen molar-refractivity contribution >= 4 is 16.1 Å². The maximum absolute atomic E-state index is 13.0. The molecule has 174 valence electrons. The van der Waals surface area contributed by atoms with E-state index in [4.69, 9.17) is 8.92 Å². The van der Waals surface area contributed by atoms with E-state index in [0.29, 0.717) is 29.4 Å². The van der Waals surface area contributed by atoms with Crippen LogP contribution in [0.1, 0.15) is 28.5 Å². The van der Waals surface area contributed by atoms with Gasteiger partial charge in [-0.2, -0.15) is 31.4 Å². The molecule has 0 saturated heterocycles. The van der Waals surface area contributed by atoms with Crippen LogP contribution in [0.4, 0.5) is 13.2 Å². The van der Waals surface area contributed by atoms with Crippen molar-refractivity contribution in [3.63, 3.8) is 0 Å². The number of para-hydroxylation sites is 1. The first-order valence-corrected chi connectivity index (χ1v) is 10.8. The van der Waals surface area contributed by atoms with Crippen LogP contribution in [0.25, 0.3) is 5.69 Å². The van der Waals surface area contributed by atoms with Gasteiger partial charge in [-0.1, -0.05) is 24.3 Å². The van der Waals surface area contributed by atoms with Gasteiger partial charge in [0.05, 0.1) is 23.9 Å². The smallest absolute Gasteiger partial charge is 0.416 e. The molecule has 3 aromatic rings. The molecule has 0 aliphatic rings. The number of rotatable bonds is 6. The van der Waals surface area contributed by atoms with Crippen LogP contribution in [0, 0.1) is 6.92 Å². The zero-order valence-electron chi connectivity index (χ0n) is 17.3. The molecule has 0 spiro atoms. The van der Waals surface area contributed by atoms with E-state index < -0.39 is 49.7 Å². The van der Waals surface area contributed by atoms with E-state index >= 15 is 0 Å². The topological polar surface area (TPSA) is 105 Å². The first kappa shape index (κ1) is 24.0. The molecule has 2 aromatic carbocycles. The average molecular weight is 482 g/mol. The Bertz CT molecular complexity index is 1370. The minimum absolute atomic E-state index is 0.0934. The number of hydrogen-bond acceptors (Lipinski definition) is 7. The summed E-state index contributed by atoms with van der Waals surface area (Å²) in [6.07, 6.45) is -4.79. The molecule has 0 N–H and O–H groups in total. The molecule has 1 aromatic heterocycles. The summed E-state index contributed by atoms with van der Waals surface area (Å²) >= 11 is 0. The average Bonchev–Trinajstić information content (AvgIpc) is 2.74. The van der Waals surface area contributed by atoms with Crippen LogP contribution in [-0.2, 0) is 21.0 Å². The number of alkyl halides is 3. The Morgan fingerprint density at radius 3 is 2.42 bits per heavy atom. The lowest BCUT2D eigenvalue weighted by Crippen LogP contribution is -2.26. The number of aryl methyl sites for hydroxylation is 1. The second-order valence-electron chi connectivity index (χ2n) is 6.68. The van der Waals surface area contributed by atoms with Gasteiger partial charge in [0, 0.05) is 0 Å². The molecule has 0 amide bonds. The standard InChI is InChI=1S/C21H17F3N2O6S/c1-3-31-20(28)19-17(12-18(27)26(25-19)16-10-5-4-7-13(16)2)32-33(29,30)15-9-6-8-14(11-15)21(22,23)24/h4-12H,3H2,1-2H3. The van der Waals surface area contributed by atoms with E-state index in [-0.39, 0.29) is 6.61 Å². The minimum Gasteiger partial charge on any atom is -0.461 e. The second-order valence-corrected chi connectivity index (χ2v) is 8.22. The van der Waals surface area contributed by atoms with Gasteiger partial charge in [-0.15, -0.1) is 0 Å². The van der Waals surface area contributed by atoms with Crippen LogP contribution < -0.4 is 9.74 Å². The second kappa shape index (κ2) is 9.06. The fourth-order valence-corrected chi connectivity index (χ4v) is 3.79. The highest BCUT2D eigenvalue weighted by Crippen LogP contribution is 2.31. The molecule has 0 saturated carbocycles. The normalized spacial score (nSPS) is 11.8. The van der Waals surface area contributed by atoms with Crippen LogP contribution in [0.15, 0.2) is 64.3 Å². The third-order valence-corrected chi connectivity index (χ3v) is 5.59. The van der Waals surface area contributed by atoms with Gasteiger partial charge >= 0.3 is 22.3 Å². The summed E-state index contributed by atoms with van der Waals surface area (Å²) in [6.45, 7) is 3.09. The Hall–Kier alpha value is -3.67. The maximum atomic E-state index is 13.0. The van der Waals surface area contributed by atoms with Gasteiger partial charge in [-0.3, -0.25) is 4.79 Å². The summed E-state index contributed by atoms with van der Waals surface area (Å²) < 4.78 is 74.9. The lowest BCUT2D eigenvalue weighted by molar-refractivity contribution is -0.137. The highest BCUT2D eigenvalue weighted by molar-refractivity contribution is 7.87. The Kier molecular flexibility index (Phi) is 6.58. The van der Waals surface area contributed by atoms with Gasteiger partial charge in [-0.05, 0) is 43.7 Å². The van der Waals surface area contributed by atoms with E-state index in [1.165, 1.54) is 6.92 Å². The minimum atomic E-state index is -4.87. The molecule has 3 rings (SSSR count). The highest BCUT2D eigenvalue weighted by atomic mass is 32.2. The lowest BCUT2D eigenvalue weighted by Gasteiger charge is -2.14. The SMILES string of the molecule is CCOC(=O)c1nn(-c2ccccc2C)c(=O)cc1OS(=O)(=O)c1cccc(C(F)(F)F)c1. The Balaban J connectivity index is 2.13. The first-order chi connectivity index (χ1) is 15.4. The Labute approximate surface area is 186 Å². The number of halogens is 3. The summed E-state index contributed by atoms with van der Waals surface area (Å²) in [6, 6.07) is 10.1. The van der Waals surface area contributed by atoms with Crippen molar-refractivity contribution in [1.29, 1.82) is 0 Å². The van der Waals surface area contributed by atoms with E-state index in [0.717, 1.165) is 16.8 Å². The van der Waals surface area contributed by atoms with Gasteiger partial charge in [0.25, 0.3) is 5.56 Å². The summed E-state index contributed by atoms with van der Waals surface area (Å²) in [5, 5.41) is 3.92. The monoisotopic (exact) mass is 482 g/mol. The number of esters is 1. The van der Waals surface area contributed by atoms with Crippen molar-refractivity contribution in [2.45, 2.75) is 24.9 Å². The molecule has 8 nitrogen and oxygen atoms in total. The molecular weight excluding hydrogens is 465 g/mol. The number of benzene rings is 2. The third kappa shape index (κ3) is 5.22. The van der Waals surface area contributed by atoms with Gasteiger partial charge < -0.3 is 8.92 Å². The van der Waals surface area contributed by atoms with Crippen LogP contribution in [0.2, 0.25) is 0 Å². The fourth-order valence-electron chi connectivity index (χ4n) is 2.81. The van der Waals surface area contributed by atoms with Crippen molar-refractivity contribution in [2.24, 2.45) is 0 Å². The largest absolute Gasteiger partial charge is 0.461 e. The van der Waals surface area contributed by atoms with Crippen molar-refractivity contribution in [3.8, 4) is 11.4 Å². The number of hydrogen-bond donors (Lipinski definition) is 0. The summed E-state index contributed by atoms with van der Waals surface area (Å²) in [5.41, 5.74) is -1.75. The number of nitrogens with zero attached hydrogens (tertiary/aromatic N) is 2. The van der Waals surface area contributed by atoms with E-state index in [1.807, 2.05) is 0 Å². The molecule has 0 aliphatic heterocycles. The molecule has 0 bridgehead atoms. The van der Waals surface area contributed by atoms with Crippen molar-refractivity contribution in [2.75, 3.05) is 6.61 Å². The van der Waals surface area contributed by atoms with Crippen LogP contribution in [0.5, 0.6) is 5.75 Å². The predicted octanol–water partition coefficient (Wildman–Crippen LogP) is 3.50. The van der Waals surface area contributed by atoms with Gasteiger partial charge in [0.1, 0.15) is 4.90 Å². The molecule has 0 atom stereocenters. The molecule has 0 fully saturated rings. The summed E-state index contributed by atoms with van der Waals surface area (Å²) in [7, 11) is -4.87. The molecule has 0 unspecified atom stereocenters. The molecular formula is C21H17F3N2O6S. The number of carbonyl (C=O) groups is 1. The predicted molar refractivity (Wildman–Crippen MR) is 110 cm³/mol. The summed E-state index contributed by atoms with van der Waals surface area (Å²) in [5.74, 6) is -1.87. The van der Waals surface area contributed by atoms with Crippen molar-refractivity contribution in [1.82, 2.24) is 9.78 Å². The van der Waals surface area contributed by atoms with Crippen LogP contribution in [0.3, 0.4) is 0 Å². The highest BCUT2D eigenvalue weighted by Gasteiger charge is 2.33. The van der Waals surface area contributed by atoms with Crippen molar-refractivity contribution in [3.05, 3.63) is 81.8 Å². The zero-order valence-corrected chi connectivity index (χ0v) is 18.1. The fraction of sp³-hybridized carbons (Fsp3) is 0.190. The van der Waals surface area contributed by atoms with Crippen LogP contribution >= 0.6 is 0 Å². The Morgan fingerprint density at radius 1 is 1.09 bits per heavy atom. The maximum Gasteiger partial charge on any atom is 0.416 e. The Morgan fingerprint density at radius 2 is 1.79 bits per heavy atom. The van der Waals surface area contributed by atoms with Gasteiger partial charge in [-0.25, -0.2) is 4.79 Å². The lowest BCUT2D eigenvalue weighted by atomic mass is 10.2. The van der Waals surface area contributed by atoms with Crippen LogP contribution in [-0.4, -0.2) is 30.8 Å². The van der Waals surface area contributed by atoms with Gasteiger partial charge in [0.15, 0.2) is 5.75 Å². The van der Waals surface area contributed by atoms with Gasteiger partial charge in [0.2, 0.25) is 5.69 Å². The number of carbonyl (C=O) groups excluding carboxylic acids is 1. The van der Waals surface area contributed by atoms with E-state index in [1.54, 1.807) is 31.2 Å². The summed E-state index contributed by atoms with van der Waals surface area (Å²) in [4.78, 5) is 24.3. The molecule has 1 heterocycles. The number of aromatic nitrogens is 2. The number of ether oxygens (including phenoxy) is 1. The van der Waals surface area contributed by atoms with E-state index in [9.17, 15) is 31.2 Å². The first-order valence-electron chi connectivity index (χ1n) is 9.43. The zero-order chi connectivity index (χ0) is 24.4.